The maximum atomic E-state index is 14.0. The molecule has 104 valence electrons. The Kier molecular flexibility index (Phi) is 2.95. The fourth-order valence-electron chi connectivity index (χ4n) is 2.34. The third-order valence-electron chi connectivity index (χ3n) is 3.50. The van der Waals surface area contributed by atoms with Crippen LogP contribution in [0.2, 0.25) is 0 Å². The van der Waals surface area contributed by atoms with Gasteiger partial charge in [0.25, 0.3) is 0 Å². The molecule has 1 aromatic heterocycles. The highest BCUT2D eigenvalue weighted by Crippen LogP contribution is 2.28. The zero-order valence-electron chi connectivity index (χ0n) is 11.5. The summed E-state index contributed by atoms with van der Waals surface area (Å²) in [6.45, 7) is 1.58. The quantitative estimate of drug-likeness (QED) is 0.683. The lowest BCUT2D eigenvalue weighted by Gasteiger charge is -2.06. The molecule has 3 nitrogen and oxygen atoms in total. The molecule has 0 amide bonds. The van der Waals surface area contributed by atoms with Gasteiger partial charge in [-0.2, -0.15) is 5.26 Å². The number of hydrogen-bond donors (Lipinski definition) is 0. The zero-order chi connectivity index (χ0) is 15.1. The number of nitrogens with zero attached hydrogens (tertiary/aromatic N) is 3. The first-order chi connectivity index (χ1) is 10.0. The van der Waals surface area contributed by atoms with E-state index in [4.69, 9.17) is 5.26 Å². The molecule has 1 heterocycles. The van der Waals surface area contributed by atoms with Gasteiger partial charge >= 0.3 is 0 Å². The van der Waals surface area contributed by atoms with E-state index in [0.29, 0.717) is 22.5 Å². The van der Waals surface area contributed by atoms with Crippen molar-refractivity contribution in [2.75, 3.05) is 0 Å². The fraction of sp³-hybridized carbons (Fsp3) is 0.125. The number of benzene rings is 2. The number of aryl methyl sites for hydroxylation is 2. The molecule has 0 radical (unpaired) electrons. The summed E-state index contributed by atoms with van der Waals surface area (Å²) in [6.07, 6.45) is 0. The van der Waals surface area contributed by atoms with Crippen LogP contribution in [-0.2, 0) is 7.05 Å². The highest BCUT2D eigenvalue weighted by atomic mass is 19.1. The second-order valence-corrected chi connectivity index (χ2v) is 4.89. The molecule has 3 aromatic rings. The Morgan fingerprint density at radius 2 is 1.90 bits per heavy atom. The Labute approximate surface area is 120 Å². The van der Waals surface area contributed by atoms with Gasteiger partial charge in [-0.05, 0) is 36.8 Å². The molecule has 0 N–H and O–H groups in total. The lowest BCUT2D eigenvalue weighted by molar-refractivity contribution is 0.578. The molecule has 3 rings (SSSR count). The van der Waals surface area contributed by atoms with Crippen LogP contribution >= 0.6 is 0 Å². The molecule has 21 heavy (non-hydrogen) atoms. The van der Waals surface area contributed by atoms with Crippen molar-refractivity contribution in [3.8, 4) is 17.5 Å². The number of imidazole rings is 1. The third kappa shape index (κ3) is 2.05. The standard InChI is InChI=1S/C16H11F2N3/c1-9-5-11(13(18)7-12(9)17)16-20-14-6-10(8-19)3-4-15(14)21(16)2/h3-7H,1-2H3. The Balaban J connectivity index is 2.28. The van der Waals surface area contributed by atoms with Crippen molar-refractivity contribution < 1.29 is 8.78 Å². The first-order valence-electron chi connectivity index (χ1n) is 6.34. The van der Waals surface area contributed by atoms with Gasteiger partial charge in [-0.1, -0.05) is 0 Å². The molecule has 2 aromatic carbocycles. The third-order valence-corrected chi connectivity index (χ3v) is 3.50. The summed E-state index contributed by atoms with van der Waals surface area (Å²) >= 11 is 0. The fourth-order valence-corrected chi connectivity index (χ4v) is 2.34. The van der Waals surface area contributed by atoms with Gasteiger partial charge in [0.05, 0.1) is 28.2 Å². The van der Waals surface area contributed by atoms with E-state index < -0.39 is 11.6 Å². The molecule has 0 bridgehead atoms. The number of nitriles is 1. The minimum absolute atomic E-state index is 0.242. The summed E-state index contributed by atoms with van der Waals surface area (Å²) in [7, 11) is 1.76. The van der Waals surface area contributed by atoms with Gasteiger partial charge in [0, 0.05) is 13.1 Å². The van der Waals surface area contributed by atoms with Crippen molar-refractivity contribution in [1.29, 1.82) is 5.26 Å². The van der Waals surface area contributed by atoms with E-state index in [1.165, 1.54) is 6.07 Å². The minimum Gasteiger partial charge on any atom is -0.327 e. The number of rotatable bonds is 1. The Morgan fingerprint density at radius 1 is 1.14 bits per heavy atom. The molecule has 0 fully saturated rings. The molecule has 0 aliphatic heterocycles. The summed E-state index contributed by atoms with van der Waals surface area (Å²) in [5.74, 6) is -0.834. The van der Waals surface area contributed by atoms with E-state index in [1.807, 2.05) is 6.07 Å². The maximum absolute atomic E-state index is 14.0. The molecule has 0 aliphatic rings. The van der Waals surface area contributed by atoms with Crippen molar-refractivity contribution in [3.05, 3.63) is 53.1 Å². The van der Waals surface area contributed by atoms with E-state index in [-0.39, 0.29) is 5.56 Å². The Hall–Kier alpha value is -2.74. The number of aromatic nitrogens is 2. The smallest absolute Gasteiger partial charge is 0.143 e. The molecule has 0 spiro atoms. The van der Waals surface area contributed by atoms with Crippen molar-refractivity contribution in [3.63, 3.8) is 0 Å². The highest BCUT2D eigenvalue weighted by molar-refractivity contribution is 5.82. The monoisotopic (exact) mass is 283 g/mol. The Morgan fingerprint density at radius 3 is 2.62 bits per heavy atom. The number of hydrogen-bond acceptors (Lipinski definition) is 2. The van der Waals surface area contributed by atoms with E-state index in [2.05, 4.69) is 4.98 Å². The van der Waals surface area contributed by atoms with Gasteiger partial charge in [0.1, 0.15) is 17.5 Å². The summed E-state index contributed by atoms with van der Waals surface area (Å²) in [5, 5.41) is 8.91. The second kappa shape index (κ2) is 4.67. The van der Waals surface area contributed by atoms with Crippen molar-refractivity contribution in [1.82, 2.24) is 9.55 Å². The molecule has 0 saturated heterocycles. The van der Waals surface area contributed by atoms with Crippen molar-refractivity contribution >= 4 is 11.0 Å². The SMILES string of the molecule is Cc1cc(-c2nc3cc(C#N)ccc3n2C)c(F)cc1F. The molecular weight excluding hydrogens is 272 g/mol. The summed E-state index contributed by atoms with van der Waals surface area (Å²) < 4.78 is 29.1. The van der Waals surface area contributed by atoms with Crippen LogP contribution in [-0.4, -0.2) is 9.55 Å². The van der Waals surface area contributed by atoms with Crippen LogP contribution in [0, 0.1) is 29.9 Å². The van der Waals surface area contributed by atoms with Crippen LogP contribution in [0.25, 0.3) is 22.4 Å². The van der Waals surface area contributed by atoms with Crippen LogP contribution in [0.1, 0.15) is 11.1 Å². The van der Waals surface area contributed by atoms with Crippen LogP contribution in [0.5, 0.6) is 0 Å². The van der Waals surface area contributed by atoms with Gasteiger partial charge in [-0.25, -0.2) is 13.8 Å². The second-order valence-electron chi connectivity index (χ2n) is 4.89. The van der Waals surface area contributed by atoms with Crippen LogP contribution < -0.4 is 0 Å². The van der Waals surface area contributed by atoms with Gasteiger partial charge in [-0.15, -0.1) is 0 Å². The summed E-state index contributed by atoms with van der Waals surface area (Å²) in [4.78, 5) is 4.37. The molecular formula is C16H11F2N3. The van der Waals surface area contributed by atoms with E-state index in [9.17, 15) is 8.78 Å². The van der Waals surface area contributed by atoms with Crippen molar-refractivity contribution in [2.24, 2.45) is 7.05 Å². The number of fused-ring (bicyclic) bond motifs is 1. The first kappa shape index (κ1) is 13.3. The largest absolute Gasteiger partial charge is 0.327 e. The first-order valence-corrected chi connectivity index (χ1v) is 6.34. The molecule has 5 heteroatoms. The highest BCUT2D eigenvalue weighted by Gasteiger charge is 2.16. The summed E-state index contributed by atoms with van der Waals surface area (Å²) in [6, 6.07) is 9.44. The molecule has 0 saturated carbocycles. The van der Waals surface area contributed by atoms with Gasteiger partial charge in [0.2, 0.25) is 0 Å². The maximum Gasteiger partial charge on any atom is 0.143 e. The summed E-state index contributed by atoms with van der Waals surface area (Å²) in [5.41, 5.74) is 2.48. The van der Waals surface area contributed by atoms with Gasteiger partial charge in [0.15, 0.2) is 0 Å². The molecule has 0 unspecified atom stereocenters. The average Bonchev–Trinajstić information content (AvgIpc) is 2.79. The van der Waals surface area contributed by atoms with E-state index >= 15 is 0 Å². The predicted octanol–water partition coefficient (Wildman–Crippen LogP) is 3.70. The lowest BCUT2D eigenvalue weighted by atomic mass is 10.1. The van der Waals surface area contributed by atoms with E-state index in [0.717, 1.165) is 11.6 Å². The topological polar surface area (TPSA) is 41.6 Å². The van der Waals surface area contributed by atoms with Gasteiger partial charge < -0.3 is 4.57 Å². The van der Waals surface area contributed by atoms with Crippen LogP contribution in [0.4, 0.5) is 8.78 Å². The zero-order valence-corrected chi connectivity index (χ0v) is 11.5. The minimum atomic E-state index is -0.656. The van der Waals surface area contributed by atoms with Crippen LogP contribution in [0.3, 0.4) is 0 Å². The molecule has 0 atom stereocenters. The van der Waals surface area contributed by atoms with Gasteiger partial charge in [-0.3, -0.25) is 0 Å². The molecule has 0 aliphatic carbocycles. The average molecular weight is 283 g/mol. The lowest BCUT2D eigenvalue weighted by Crippen LogP contribution is -1.97. The van der Waals surface area contributed by atoms with Crippen LogP contribution in [0.15, 0.2) is 30.3 Å². The predicted molar refractivity (Wildman–Crippen MR) is 75.5 cm³/mol. The van der Waals surface area contributed by atoms with E-state index in [1.54, 1.807) is 36.7 Å². The Bertz CT molecular complexity index is 904. The number of halogens is 2. The van der Waals surface area contributed by atoms with Crippen molar-refractivity contribution in [2.45, 2.75) is 6.92 Å². The normalized spacial score (nSPS) is 10.8.